The lowest BCUT2D eigenvalue weighted by atomic mass is 10.1. The normalized spacial score (nSPS) is 17.3. The summed E-state index contributed by atoms with van der Waals surface area (Å²) in [5.74, 6) is -0.437. The summed E-state index contributed by atoms with van der Waals surface area (Å²) in [6.45, 7) is 2.23. The molecule has 0 radical (unpaired) electrons. The lowest BCUT2D eigenvalue weighted by molar-refractivity contribution is -0.121. The van der Waals surface area contributed by atoms with E-state index < -0.39 is 0 Å². The number of piperazine rings is 1. The Morgan fingerprint density at radius 3 is 2.72 bits per heavy atom. The summed E-state index contributed by atoms with van der Waals surface area (Å²) in [6, 6.07) is 15.5. The fourth-order valence-corrected chi connectivity index (χ4v) is 3.15. The Hall–Kier alpha value is -2.84. The maximum absolute atomic E-state index is 12.8. The highest BCUT2D eigenvalue weighted by molar-refractivity contribution is 6.33. The summed E-state index contributed by atoms with van der Waals surface area (Å²) in [4.78, 5) is 28.5. The van der Waals surface area contributed by atoms with Gasteiger partial charge in [-0.15, -0.1) is 0 Å². The lowest BCUT2D eigenvalue weighted by Crippen LogP contribution is -2.57. The average molecular weight is 354 g/mol. The number of anilines is 1. The molecule has 0 aromatic heterocycles. The van der Waals surface area contributed by atoms with Gasteiger partial charge < -0.3 is 9.80 Å². The second-order valence-corrected chi connectivity index (χ2v) is 6.34. The molecule has 1 aliphatic rings. The molecule has 2 amide bonds. The summed E-state index contributed by atoms with van der Waals surface area (Å²) >= 11 is 6.19. The number of para-hydroxylation sites is 1. The van der Waals surface area contributed by atoms with Gasteiger partial charge in [0.1, 0.15) is 6.54 Å². The second-order valence-electron chi connectivity index (χ2n) is 5.93. The molecule has 1 aliphatic heterocycles. The standard InChI is InChI=1S/C19H16ClN3O2/c1-13-11-23(17-8-3-2-7-16(17)20)18(24)12-22(13)19(25)15-6-4-5-14(9-15)10-21/h2-9,13H,11-12H2,1H3/t13-/m0/s1. The van der Waals surface area contributed by atoms with Crippen molar-refractivity contribution in [1.82, 2.24) is 4.90 Å². The number of halogens is 1. The number of amides is 2. The first-order valence-electron chi connectivity index (χ1n) is 7.87. The lowest BCUT2D eigenvalue weighted by Gasteiger charge is -2.39. The average Bonchev–Trinajstić information content (AvgIpc) is 2.63. The molecule has 6 heteroatoms. The van der Waals surface area contributed by atoms with E-state index in [-0.39, 0.29) is 24.4 Å². The Bertz CT molecular complexity index is 875. The zero-order valence-electron chi connectivity index (χ0n) is 13.6. The number of nitrogens with zero attached hydrogens (tertiary/aromatic N) is 3. The van der Waals surface area contributed by atoms with Crippen molar-refractivity contribution in [1.29, 1.82) is 5.26 Å². The molecule has 0 unspecified atom stereocenters. The molecule has 126 valence electrons. The van der Waals surface area contributed by atoms with E-state index in [1.165, 1.54) is 4.90 Å². The van der Waals surface area contributed by atoms with Crippen LogP contribution in [0.4, 0.5) is 5.69 Å². The maximum atomic E-state index is 12.8. The van der Waals surface area contributed by atoms with Gasteiger partial charge in [-0.05, 0) is 37.3 Å². The Morgan fingerprint density at radius 1 is 1.24 bits per heavy atom. The van der Waals surface area contributed by atoms with Gasteiger partial charge in [-0.1, -0.05) is 29.8 Å². The molecule has 0 bridgehead atoms. The van der Waals surface area contributed by atoms with Crippen LogP contribution in [0, 0.1) is 11.3 Å². The minimum absolute atomic E-state index is 0.0258. The SMILES string of the molecule is C[C@H]1CN(c2ccccc2Cl)C(=O)CN1C(=O)c1cccc(C#N)c1. The maximum Gasteiger partial charge on any atom is 0.254 e. The van der Waals surface area contributed by atoms with E-state index in [9.17, 15) is 9.59 Å². The summed E-state index contributed by atoms with van der Waals surface area (Å²) in [5, 5.41) is 9.49. The molecule has 3 rings (SSSR count). The molecule has 1 saturated heterocycles. The number of benzene rings is 2. The van der Waals surface area contributed by atoms with E-state index in [1.54, 1.807) is 41.3 Å². The van der Waals surface area contributed by atoms with E-state index in [4.69, 9.17) is 16.9 Å². The van der Waals surface area contributed by atoms with Crippen molar-refractivity contribution in [2.24, 2.45) is 0 Å². The molecule has 1 fully saturated rings. The Balaban J connectivity index is 1.83. The molecule has 0 saturated carbocycles. The van der Waals surface area contributed by atoms with Crippen LogP contribution in [0.15, 0.2) is 48.5 Å². The summed E-state index contributed by atoms with van der Waals surface area (Å²) < 4.78 is 0. The highest BCUT2D eigenvalue weighted by Crippen LogP contribution is 2.28. The molecule has 0 spiro atoms. The Kier molecular flexibility index (Phi) is 4.73. The van der Waals surface area contributed by atoms with Gasteiger partial charge >= 0.3 is 0 Å². The van der Waals surface area contributed by atoms with E-state index in [0.29, 0.717) is 28.4 Å². The molecule has 1 atom stereocenters. The minimum atomic E-state index is -0.253. The number of carbonyl (C=O) groups is 2. The Labute approximate surface area is 151 Å². The van der Waals surface area contributed by atoms with Gasteiger partial charge in [0.05, 0.1) is 22.3 Å². The summed E-state index contributed by atoms with van der Waals surface area (Å²) in [5.41, 5.74) is 1.48. The quantitative estimate of drug-likeness (QED) is 0.833. The van der Waals surface area contributed by atoms with Crippen LogP contribution in [-0.2, 0) is 4.79 Å². The van der Waals surface area contributed by atoms with Crippen molar-refractivity contribution in [2.45, 2.75) is 13.0 Å². The molecular weight excluding hydrogens is 338 g/mol. The first kappa shape index (κ1) is 17.0. The van der Waals surface area contributed by atoms with Crippen molar-refractivity contribution >= 4 is 29.1 Å². The number of rotatable bonds is 2. The van der Waals surface area contributed by atoms with Gasteiger partial charge in [0.2, 0.25) is 5.91 Å². The van der Waals surface area contributed by atoms with Crippen LogP contribution in [0.5, 0.6) is 0 Å². The predicted octanol–water partition coefficient (Wildman–Crippen LogP) is 3.09. The second kappa shape index (κ2) is 6.96. The van der Waals surface area contributed by atoms with Gasteiger partial charge in [-0.25, -0.2) is 0 Å². The van der Waals surface area contributed by atoms with Crippen molar-refractivity contribution in [3.63, 3.8) is 0 Å². The van der Waals surface area contributed by atoms with Crippen molar-refractivity contribution in [3.8, 4) is 6.07 Å². The zero-order chi connectivity index (χ0) is 18.0. The fraction of sp³-hybridized carbons (Fsp3) is 0.211. The van der Waals surface area contributed by atoms with Crippen LogP contribution >= 0.6 is 11.6 Å². The molecule has 0 N–H and O–H groups in total. The minimum Gasteiger partial charge on any atom is -0.325 e. The molecule has 1 heterocycles. The van der Waals surface area contributed by atoms with Crippen LogP contribution in [0.1, 0.15) is 22.8 Å². The van der Waals surface area contributed by atoms with Gasteiger partial charge in [-0.3, -0.25) is 9.59 Å². The van der Waals surface area contributed by atoms with Crippen LogP contribution in [0.2, 0.25) is 5.02 Å². The molecule has 2 aromatic carbocycles. The largest absolute Gasteiger partial charge is 0.325 e. The van der Waals surface area contributed by atoms with E-state index >= 15 is 0 Å². The zero-order valence-corrected chi connectivity index (χ0v) is 14.4. The van der Waals surface area contributed by atoms with Gasteiger partial charge in [0.15, 0.2) is 0 Å². The van der Waals surface area contributed by atoms with Crippen LogP contribution in [0.3, 0.4) is 0 Å². The predicted molar refractivity (Wildman–Crippen MR) is 95.5 cm³/mol. The van der Waals surface area contributed by atoms with Crippen LogP contribution in [-0.4, -0.2) is 35.8 Å². The first-order chi connectivity index (χ1) is 12.0. The third-order valence-electron chi connectivity index (χ3n) is 4.23. The van der Waals surface area contributed by atoms with Crippen LogP contribution in [0.25, 0.3) is 0 Å². The van der Waals surface area contributed by atoms with Crippen molar-refractivity contribution in [2.75, 3.05) is 18.0 Å². The number of hydrogen-bond acceptors (Lipinski definition) is 3. The van der Waals surface area contributed by atoms with Gasteiger partial charge in [0.25, 0.3) is 5.91 Å². The highest BCUT2D eigenvalue weighted by Gasteiger charge is 2.34. The smallest absolute Gasteiger partial charge is 0.254 e. The number of hydrogen-bond donors (Lipinski definition) is 0. The fourth-order valence-electron chi connectivity index (χ4n) is 2.91. The molecule has 5 nitrogen and oxygen atoms in total. The van der Waals surface area contributed by atoms with E-state index in [0.717, 1.165) is 0 Å². The van der Waals surface area contributed by atoms with Crippen LogP contribution < -0.4 is 4.90 Å². The number of carbonyl (C=O) groups excluding carboxylic acids is 2. The molecule has 0 aliphatic carbocycles. The highest BCUT2D eigenvalue weighted by atomic mass is 35.5. The third-order valence-corrected chi connectivity index (χ3v) is 4.55. The van der Waals surface area contributed by atoms with Crippen molar-refractivity contribution < 1.29 is 9.59 Å². The number of nitriles is 1. The molecule has 2 aromatic rings. The summed E-state index contributed by atoms with van der Waals surface area (Å²) in [7, 11) is 0. The molecule has 25 heavy (non-hydrogen) atoms. The monoisotopic (exact) mass is 353 g/mol. The first-order valence-corrected chi connectivity index (χ1v) is 8.25. The topological polar surface area (TPSA) is 64.4 Å². The summed E-state index contributed by atoms with van der Waals surface area (Å²) in [6.07, 6.45) is 0. The molecular formula is C19H16ClN3O2. The van der Waals surface area contributed by atoms with E-state index in [1.807, 2.05) is 25.1 Å². The van der Waals surface area contributed by atoms with Crippen molar-refractivity contribution in [3.05, 3.63) is 64.7 Å². The van der Waals surface area contributed by atoms with Gasteiger partial charge in [-0.2, -0.15) is 5.26 Å². The third kappa shape index (κ3) is 3.35. The van der Waals surface area contributed by atoms with E-state index in [2.05, 4.69) is 0 Å². The van der Waals surface area contributed by atoms with Gasteiger partial charge in [0, 0.05) is 18.2 Å². The Morgan fingerprint density at radius 2 is 2.00 bits per heavy atom.